The van der Waals surface area contributed by atoms with E-state index in [0.29, 0.717) is 0 Å². The van der Waals surface area contributed by atoms with Crippen molar-refractivity contribution in [2.75, 3.05) is 0 Å². The number of hydrogen-bond acceptors (Lipinski definition) is 2. The van der Waals surface area contributed by atoms with Crippen LogP contribution in [0.3, 0.4) is 0 Å². The molecule has 0 amide bonds. The highest BCUT2D eigenvalue weighted by Gasteiger charge is 2.51. The van der Waals surface area contributed by atoms with Crippen molar-refractivity contribution in [3.63, 3.8) is 0 Å². The lowest BCUT2D eigenvalue weighted by atomic mass is 9.79. The van der Waals surface area contributed by atoms with E-state index in [9.17, 15) is 0 Å². The van der Waals surface area contributed by atoms with Gasteiger partial charge in [0.1, 0.15) is 0 Å². The summed E-state index contributed by atoms with van der Waals surface area (Å²) in [5.41, 5.74) is 2.67. The summed E-state index contributed by atoms with van der Waals surface area (Å²) < 4.78 is 14.9. The molecule has 1 saturated heterocycles. The van der Waals surface area contributed by atoms with Crippen molar-refractivity contribution in [2.45, 2.75) is 52.7 Å². The first-order valence-corrected chi connectivity index (χ1v) is 9.97. The lowest BCUT2D eigenvalue weighted by molar-refractivity contribution is 0.00578. The molecule has 1 aromatic heterocycles. The van der Waals surface area contributed by atoms with E-state index in [1.807, 2.05) is 6.07 Å². The number of nitrogens with zero attached hydrogens (tertiary/aromatic N) is 1. The summed E-state index contributed by atoms with van der Waals surface area (Å²) in [6.07, 6.45) is 4.36. The van der Waals surface area contributed by atoms with Gasteiger partial charge in [-0.1, -0.05) is 42.5 Å². The number of hydrogen-bond donors (Lipinski definition) is 0. The smallest absolute Gasteiger partial charge is 0.399 e. The molecule has 144 valence electrons. The van der Waals surface area contributed by atoms with Crippen molar-refractivity contribution in [1.82, 2.24) is 4.57 Å². The average Bonchev–Trinajstić information content (AvgIpc) is 3.11. The minimum absolute atomic E-state index is 0.348. The molecule has 3 aromatic rings. The maximum absolute atomic E-state index is 6.29. The highest BCUT2D eigenvalue weighted by Crippen LogP contribution is 2.36. The summed E-state index contributed by atoms with van der Waals surface area (Å²) in [6, 6.07) is 17.0. The molecule has 0 aliphatic carbocycles. The van der Waals surface area contributed by atoms with Crippen LogP contribution in [0.15, 0.2) is 48.5 Å². The molecule has 1 aliphatic rings. The summed E-state index contributed by atoms with van der Waals surface area (Å²) in [6.45, 7) is 12.5. The van der Waals surface area contributed by atoms with Crippen LogP contribution < -0.4 is 16.0 Å². The third kappa shape index (κ3) is 2.83. The zero-order valence-electron chi connectivity index (χ0n) is 17.6. The van der Waals surface area contributed by atoms with Gasteiger partial charge in [0.15, 0.2) is 0 Å². The molecule has 2 heterocycles. The normalized spacial score (nSPS) is 19.7. The maximum atomic E-state index is 6.29. The predicted molar refractivity (Wildman–Crippen MR) is 119 cm³/mol. The zero-order chi connectivity index (χ0) is 20.1. The molecule has 4 rings (SSSR count). The van der Waals surface area contributed by atoms with E-state index in [0.717, 1.165) is 11.2 Å². The van der Waals surface area contributed by atoms with Gasteiger partial charge in [-0.15, -0.1) is 0 Å². The number of aromatic nitrogens is 1. The van der Waals surface area contributed by atoms with Crippen LogP contribution in [0, 0.1) is 0 Å². The summed E-state index contributed by atoms with van der Waals surface area (Å²) in [4.78, 5) is 0. The Morgan fingerprint density at radius 1 is 0.857 bits per heavy atom. The van der Waals surface area contributed by atoms with Gasteiger partial charge in [0.2, 0.25) is 0 Å². The van der Waals surface area contributed by atoms with Crippen LogP contribution in [-0.4, -0.2) is 22.9 Å². The van der Waals surface area contributed by atoms with E-state index >= 15 is 0 Å². The van der Waals surface area contributed by atoms with Crippen LogP contribution in [0.4, 0.5) is 0 Å². The van der Waals surface area contributed by atoms with Crippen molar-refractivity contribution in [3.8, 4) is 5.69 Å². The molecule has 0 saturated carbocycles. The summed E-state index contributed by atoms with van der Waals surface area (Å²) >= 11 is 0. The van der Waals surface area contributed by atoms with Crippen molar-refractivity contribution in [3.05, 3.63) is 59.1 Å². The number of benzene rings is 2. The molecule has 0 radical (unpaired) electrons. The zero-order valence-corrected chi connectivity index (χ0v) is 17.6. The Bertz CT molecular complexity index is 1130. The van der Waals surface area contributed by atoms with Crippen LogP contribution in [0.5, 0.6) is 0 Å². The molecule has 28 heavy (non-hydrogen) atoms. The van der Waals surface area contributed by atoms with Gasteiger partial charge in [-0.05, 0) is 65.2 Å². The lowest BCUT2D eigenvalue weighted by Gasteiger charge is -2.32. The molecule has 0 N–H and O–H groups in total. The fourth-order valence-corrected chi connectivity index (χ4v) is 3.92. The standard InChI is InChI=1S/C24H28BNO2/c1-7-19-20-15-14-17(25-27-23(3,4)24(5,6)28-25)16-22(20)26(21(19)8-2)18-12-10-9-11-13-18/h7-16H,1-6H3. The van der Waals surface area contributed by atoms with E-state index in [1.165, 1.54) is 21.5 Å². The van der Waals surface area contributed by atoms with Crippen molar-refractivity contribution >= 4 is 35.6 Å². The summed E-state index contributed by atoms with van der Waals surface area (Å²) in [5.74, 6) is 0. The highest BCUT2D eigenvalue weighted by atomic mass is 16.7. The van der Waals surface area contributed by atoms with Crippen molar-refractivity contribution in [1.29, 1.82) is 0 Å². The van der Waals surface area contributed by atoms with E-state index < -0.39 is 0 Å². The monoisotopic (exact) mass is 373 g/mol. The van der Waals surface area contributed by atoms with Gasteiger partial charge in [0.25, 0.3) is 0 Å². The molecular formula is C24H28BNO2. The van der Waals surface area contributed by atoms with Gasteiger partial charge in [-0.2, -0.15) is 0 Å². The molecule has 2 aromatic carbocycles. The molecule has 3 nitrogen and oxygen atoms in total. The van der Waals surface area contributed by atoms with Crippen LogP contribution in [-0.2, 0) is 9.31 Å². The summed E-state index contributed by atoms with van der Waals surface area (Å²) in [7, 11) is -0.364. The van der Waals surface area contributed by atoms with Gasteiger partial charge in [0.05, 0.1) is 16.7 Å². The molecule has 4 heteroatoms. The second kappa shape index (κ2) is 6.65. The van der Waals surface area contributed by atoms with Gasteiger partial charge < -0.3 is 13.9 Å². The van der Waals surface area contributed by atoms with Crippen LogP contribution in [0.1, 0.15) is 41.5 Å². The van der Waals surface area contributed by atoms with Gasteiger partial charge in [-0.3, -0.25) is 0 Å². The van der Waals surface area contributed by atoms with E-state index in [4.69, 9.17) is 9.31 Å². The van der Waals surface area contributed by atoms with Crippen LogP contribution in [0.25, 0.3) is 28.7 Å². The Balaban J connectivity index is 1.96. The lowest BCUT2D eigenvalue weighted by Crippen LogP contribution is -2.41. The van der Waals surface area contributed by atoms with Crippen LogP contribution >= 0.6 is 0 Å². The van der Waals surface area contributed by atoms with Crippen molar-refractivity contribution in [2.24, 2.45) is 0 Å². The first kappa shape index (κ1) is 19.0. The van der Waals surface area contributed by atoms with E-state index in [-0.39, 0.29) is 18.3 Å². The number of para-hydroxylation sites is 1. The minimum Gasteiger partial charge on any atom is -0.399 e. The predicted octanol–water partition coefficient (Wildman–Crippen LogP) is 3.53. The van der Waals surface area contributed by atoms with Gasteiger partial charge in [-0.25, -0.2) is 0 Å². The fourth-order valence-electron chi connectivity index (χ4n) is 3.92. The third-order valence-corrected chi connectivity index (χ3v) is 6.17. The number of rotatable bonds is 2. The largest absolute Gasteiger partial charge is 0.494 e. The Morgan fingerprint density at radius 3 is 2.07 bits per heavy atom. The van der Waals surface area contributed by atoms with E-state index in [1.54, 1.807) is 0 Å². The Labute approximate surface area is 167 Å². The molecule has 0 bridgehead atoms. The minimum atomic E-state index is -0.364. The first-order valence-electron chi connectivity index (χ1n) is 9.97. The van der Waals surface area contributed by atoms with Crippen LogP contribution in [0.2, 0.25) is 0 Å². The second-order valence-corrected chi connectivity index (χ2v) is 8.41. The molecule has 0 spiro atoms. The van der Waals surface area contributed by atoms with Gasteiger partial charge in [0, 0.05) is 21.6 Å². The first-order chi connectivity index (χ1) is 13.3. The number of fused-ring (bicyclic) bond motifs is 1. The Hall–Kier alpha value is -2.30. The molecule has 1 aliphatic heterocycles. The summed E-state index contributed by atoms with van der Waals surface area (Å²) in [5, 5.41) is 3.69. The van der Waals surface area contributed by atoms with Crippen molar-refractivity contribution < 1.29 is 9.31 Å². The fraction of sp³-hybridized carbons (Fsp3) is 0.333. The highest BCUT2D eigenvalue weighted by molar-refractivity contribution is 6.62. The Morgan fingerprint density at radius 2 is 1.50 bits per heavy atom. The molecule has 0 atom stereocenters. The molecule has 1 fully saturated rings. The SMILES string of the molecule is CC=c1c(=CC)n(-c2ccccc2)c2cc(B3OC(C)(C)C(C)(C)O3)ccc12. The molecule has 0 unspecified atom stereocenters. The topological polar surface area (TPSA) is 23.4 Å². The molecular weight excluding hydrogens is 345 g/mol. The van der Waals surface area contributed by atoms with E-state index in [2.05, 4.69) is 101 Å². The quantitative estimate of drug-likeness (QED) is 0.642. The third-order valence-electron chi connectivity index (χ3n) is 6.17. The maximum Gasteiger partial charge on any atom is 0.494 e. The average molecular weight is 373 g/mol. The second-order valence-electron chi connectivity index (χ2n) is 8.41. The van der Waals surface area contributed by atoms with Gasteiger partial charge >= 0.3 is 7.12 Å². The Kier molecular flexibility index (Phi) is 4.52.